The Bertz CT molecular complexity index is 4350. The molecule has 0 aliphatic heterocycles. The van der Waals surface area contributed by atoms with Crippen molar-refractivity contribution in [2.45, 2.75) is 170 Å². The van der Waals surface area contributed by atoms with Gasteiger partial charge >= 0.3 is 0 Å². The van der Waals surface area contributed by atoms with Crippen LogP contribution in [0.2, 0.25) is 0 Å². The lowest BCUT2D eigenvalue weighted by Crippen LogP contribution is -2.11. The standard InChI is InChI=1S/C13H13NS.C12H11NS.2C11H9NS.2C9H7NO2S.6C2H6/c1-13(2,3)11-6-9-4-5-15-12(9)10(7-11)8-14;1-8(2)10-5-9-3-4-14-12(9)11(6-10)7-13;1-7-5-9-3-4-13-11(9)8(2)10(7)6-12;1-2-8-5-9-3-4-13-11(9)10(6-8)7-12;2*1-6-4-7-2-3-13-9(7)8(5-6)10(11)12;6*1-2/h4-7H,1-3H3;3-6,8H,1-2H3;3-5H,1-2H3;3-6H,2H2,1H3;2*2-5H,1H3;6*1-2H3. The van der Waals surface area contributed by atoms with Crippen LogP contribution in [0.25, 0.3) is 60.5 Å². The Morgan fingerprint density at radius 3 is 1.12 bits per heavy atom. The van der Waals surface area contributed by atoms with E-state index in [4.69, 9.17) is 21.0 Å². The lowest BCUT2D eigenvalue weighted by Gasteiger charge is -2.19. The first-order valence-electron chi connectivity index (χ1n) is 31.5. The van der Waals surface area contributed by atoms with E-state index >= 15 is 0 Å². The van der Waals surface area contributed by atoms with E-state index in [-0.39, 0.29) is 26.6 Å². The van der Waals surface area contributed by atoms with Crippen molar-refractivity contribution in [3.63, 3.8) is 0 Å². The maximum absolute atomic E-state index is 10.7. The van der Waals surface area contributed by atoms with Crippen LogP contribution in [0.5, 0.6) is 0 Å². The van der Waals surface area contributed by atoms with E-state index in [1.54, 1.807) is 57.5 Å². The summed E-state index contributed by atoms with van der Waals surface area (Å²) in [5, 5.41) is 76.0. The first kappa shape index (κ1) is 82.9. The molecule has 0 saturated heterocycles. The molecule has 0 atom stereocenters. The van der Waals surface area contributed by atoms with Gasteiger partial charge in [-0.1, -0.05) is 143 Å². The Hall–Kier alpha value is -8.16. The third-order valence-electron chi connectivity index (χ3n) is 13.1. The predicted octanol–water partition coefficient (Wildman–Crippen LogP) is 27.1. The zero-order valence-corrected chi connectivity index (χ0v) is 63.2. The summed E-state index contributed by atoms with van der Waals surface area (Å²) in [6.45, 7) is 44.6. The van der Waals surface area contributed by atoms with Crippen molar-refractivity contribution >= 4 is 140 Å². The maximum atomic E-state index is 10.7. The van der Waals surface area contributed by atoms with Gasteiger partial charge in [0, 0.05) is 16.8 Å². The number of nitro benzene ring substituents is 2. The second-order valence-corrected chi connectivity index (χ2v) is 25.7. The summed E-state index contributed by atoms with van der Waals surface area (Å²) in [4.78, 5) is 20.7. The highest BCUT2D eigenvalue weighted by molar-refractivity contribution is 7.19. The summed E-state index contributed by atoms with van der Waals surface area (Å²) >= 11 is 9.43. The normalized spacial score (nSPS) is 9.67. The minimum atomic E-state index is -0.328. The van der Waals surface area contributed by atoms with Crippen LogP contribution in [-0.2, 0) is 11.8 Å². The van der Waals surface area contributed by atoms with Crippen LogP contribution in [0.3, 0.4) is 0 Å². The van der Waals surface area contributed by atoms with Crippen LogP contribution in [0.1, 0.15) is 192 Å². The molecule has 12 aromatic rings. The molecule has 0 unspecified atom stereocenters. The topological polar surface area (TPSA) is 181 Å². The van der Waals surface area contributed by atoms with Gasteiger partial charge < -0.3 is 0 Å². The summed E-state index contributed by atoms with van der Waals surface area (Å²) in [5.74, 6) is 0.478. The van der Waals surface area contributed by atoms with Gasteiger partial charge in [-0.2, -0.15) is 21.0 Å². The maximum Gasteiger partial charge on any atom is 0.287 e. The van der Waals surface area contributed by atoms with Gasteiger partial charge in [-0.15, -0.1) is 68.0 Å². The van der Waals surface area contributed by atoms with Gasteiger partial charge in [0.1, 0.15) is 27.6 Å². The van der Waals surface area contributed by atoms with Crippen molar-refractivity contribution in [3.8, 4) is 24.3 Å². The summed E-state index contributed by atoms with van der Waals surface area (Å²) in [6, 6.07) is 42.9. The van der Waals surface area contributed by atoms with Crippen molar-refractivity contribution in [2.75, 3.05) is 0 Å². The Morgan fingerprint density at radius 1 is 0.430 bits per heavy atom. The van der Waals surface area contributed by atoms with Crippen LogP contribution >= 0.6 is 68.0 Å². The fraction of sp³-hybridized carbons (Fsp3) is 0.325. The average molecular weight is 1360 g/mol. The lowest BCUT2D eigenvalue weighted by atomic mass is 9.85. The molecule has 0 amide bonds. The number of thiophene rings is 6. The molecular weight excluding hydrogens is 1270 g/mol. The molecule has 0 saturated carbocycles. The molecule has 6 heterocycles. The largest absolute Gasteiger partial charge is 0.287 e. The van der Waals surface area contributed by atoms with Crippen molar-refractivity contribution in [1.82, 2.24) is 0 Å². The number of hydrogen-bond donors (Lipinski definition) is 0. The number of rotatable bonds is 4. The average Bonchev–Trinajstić information content (AvgIpc) is 1.86. The quantitative estimate of drug-likeness (QED) is 0.123. The van der Waals surface area contributed by atoms with Crippen LogP contribution in [0.15, 0.2) is 135 Å². The van der Waals surface area contributed by atoms with Gasteiger partial charge in [0.2, 0.25) is 0 Å². The van der Waals surface area contributed by atoms with E-state index in [0.29, 0.717) is 5.92 Å². The number of aryl methyl sites for hydroxylation is 5. The van der Waals surface area contributed by atoms with Gasteiger partial charge in [0.25, 0.3) is 11.4 Å². The SMILES string of the molecule is CC.CC.CC.CC.CC.CC.CC(C)(C)c1cc(C#N)c2sccc2c1.CC(C)c1cc(C#N)c2sccc2c1.CCc1cc(C#N)c2sccc2c1.Cc1cc([N+](=O)[O-])c2sccc2c1.Cc1cc([N+](=O)[O-])c2sccc2c1.Cc1cc2ccsc2c(C)c1C#N. The third kappa shape index (κ3) is 23.1. The fourth-order valence-electron chi connectivity index (χ4n) is 8.86. The highest BCUT2D eigenvalue weighted by Gasteiger charge is 2.18. The highest BCUT2D eigenvalue weighted by atomic mass is 32.1. The van der Waals surface area contributed by atoms with Crippen molar-refractivity contribution in [3.05, 3.63) is 217 Å². The highest BCUT2D eigenvalue weighted by Crippen LogP contribution is 2.35. The monoisotopic (exact) mass is 1360 g/mol. The summed E-state index contributed by atoms with van der Waals surface area (Å²) in [6.07, 6.45) is 0.987. The molecule has 0 aliphatic carbocycles. The Kier molecular flexibility index (Phi) is 38.2. The summed E-state index contributed by atoms with van der Waals surface area (Å²) in [7, 11) is 0. The molecule has 490 valence electrons. The molecule has 0 radical (unpaired) electrons. The molecule has 12 rings (SSSR count). The molecule has 0 fully saturated rings. The number of nitriles is 4. The third-order valence-corrected chi connectivity index (χ3v) is 18.9. The zero-order chi connectivity index (χ0) is 70.7. The first-order chi connectivity index (χ1) is 44.7. The van der Waals surface area contributed by atoms with Crippen LogP contribution in [0.4, 0.5) is 11.4 Å². The number of fused-ring (bicyclic) bond motifs is 6. The number of benzene rings is 6. The van der Waals surface area contributed by atoms with Gasteiger partial charge in [0.05, 0.1) is 52.3 Å². The molecule has 6 aromatic carbocycles. The molecule has 16 heteroatoms. The molecular formula is C77H92N6O4S6. The molecule has 93 heavy (non-hydrogen) atoms. The van der Waals surface area contributed by atoms with Crippen LogP contribution in [-0.4, -0.2) is 9.85 Å². The predicted molar refractivity (Wildman–Crippen MR) is 412 cm³/mol. The molecule has 6 aromatic heterocycles. The molecule has 0 bridgehead atoms. The van der Waals surface area contributed by atoms with E-state index < -0.39 is 0 Å². The molecule has 10 nitrogen and oxygen atoms in total. The van der Waals surface area contributed by atoms with E-state index in [0.717, 1.165) is 85.2 Å². The van der Waals surface area contributed by atoms with E-state index in [9.17, 15) is 20.2 Å². The fourth-order valence-corrected chi connectivity index (χ4v) is 14.0. The second kappa shape index (κ2) is 42.9. The van der Waals surface area contributed by atoms with Crippen molar-refractivity contribution in [2.24, 2.45) is 0 Å². The lowest BCUT2D eigenvalue weighted by molar-refractivity contribution is -0.383. The van der Waals surface area contributed by atoms with Crippen molar-refractivity contribution < 1.29 is 9.85 Å². The molecule has 0 N–H and O–H groups in total. The first-order valence-corrected chi connectivity index (χ1v) is 36.8. The summed E-state index contributed by atoms with van der Waals surface area (Å²) in [5.41, 5.74) is 11.5. The second-order valence-electron chi connectivity index (χ2n) is 20.3. The summed E-state index contributed by atoms with van der Waals surface area (Å²) < 4.78 is 6.08. The molecule has 0 spiro atoms. The van der Waals surface area contributed by atoms with Gasteiger partial charge in [-0.3, -0.25) is 20.2 Å². The van der Waals surface area contributed by atoms with Crippen LogP contribution in [0, 0.1) is 93.2 Å². The van der Waals surface area contributed by atoms with Gasteiger partial charge in [-0.25, -0.2) is 0 Å². The van der Waals surface area contributed by atoms with Crippen LogP contribution < -0.4 is 0 Å². The van der Waals surface area contributed by atoms with E-state index in [2.05, 4.69) is 120 Å². The Morgan fingerprint density at radius 2 is 0.763 bits per heavy atom. The Labute approximate surface area is 577 Å². The minimum absolute atomic E-state index is 0.0989. The number of nitrogens with zero attached hydrogens (tertiary/aromatic N) is 6. The minimum Gasteiger partial charge on any atom is -0.258 e. The molecule has 0 aliphatic rings. The number of hydrogen-bond acceptors (Lipinski definition) is 14. The van der Waals surface area contributed by atoms with Gasteiger partial charge in [-0.05, 0) is 222 Å². The van der Waals surface area contributed by atoms with E-state index in [1.165, 1.54) is 65.6 Å². The number of non-ortho nitro benzene ring substituents is 2. The number of nitro groups is 2. The Balaban J connectivity index is 0.000000540. The smallest absolute Gasteiger partial charge is 0.258 e. The van der Waals surface area contributed by atoms with E-state index in [1.807, 2.05) is 180 Å². The zero-order valence-electron chi connectivity index (χ0n) is 58.3. The van der Waals surface area contributed by atoms with Crippen molar-refractivity contribution in [1.29, 1.82) is 21.0 Å². The van der Waals surface area contributed by atoms with Gasteiger partial charge in [0.15, 0.2) is 0 Å².